The molecule has 0 aliphatic carbocycles. The van der Waals surface area contributed by atoms with E-state index in [0.29, 0.717) is 5.75 Å². The van der Waals surface area contributed by atoms with Crippen LogP contribution in [0.3, 0.4) is 0 Å². The molecule has 2 N–H and O–H groups in total. The molecule has 10 nitrogen and oxygen atoms in total. The van der Waals surface area contributed by atoms with Gasteiger partial charge in [-0.15, -0.1) is 0 Å². The van der Waals surface area contributed by atoms with Crippen LogP contribution in [0.25, 0.3) is 0 Å². The summed E-state index contributed by atoms with van der Waals surface area (Å²) >= 11 is 0. The summed E-state index contributed by atoms with van der Waals surface area (Å²) in [4.78, 5) is 49.9. The monoisotopic (exact) mass is 377 g/mol. The fourth-order valence-corrected chi connectivity index (χ4v) is 3.19. The molecule has 2 aliphatic rings. The number of carboxylic acids is 1. The lowest BCUT2D eigenvalue weighted by molar-refractivity contribution is -0.163. The van der Waals surface area contributed by atoms with Gasteiger partial charge in [0.15, 0.2) is 6.61 Å². The molecule has 3 rings (SSSR count). The van der Waals surface area contributed by atoms with Gasteiger partial charge in [0.25, 0.3) is 5.91 Å². The molecule has 2 aliphatic heterocycles. The molecular weight excluding hydrogens is 358 g/mol. The van der Waals surface area contributed by atoms with Crippen LogP contribution in [0.5, 0.6) is 5.75 Å². The number of carbonyl (C=O) groups is 4. The van der Waals surface area contributed by atoms with Crippen LogP contribution >= 0.6 is 0 Å². The van der Waals surface area contributed by atoms with E-state index in [4.69, 9.17) is 9.47 Å². The average Bonchev–Trinajstić information content (AvgIpc) is 3.02. The highest BCUT2D eigenvalue weighted by molar-refractivity contribution is 5.98. The van der Waals surface area contributed by atoms with Gasteiger partial charge in [0.1, 0.15) is 11.8 Å². The van der Waals surface area contributed by atoms with Gasteiger partial charge in [-0.05, 0) is 19.1 Å². The Morgan fingerprint density at radius 3 is 2.59 bits per heavy atom. The first-order chi connectivity index (χ1) is 12.9. The van der Waals surface area contributed by atoms with Gasteiger partial charge in [0.2, 0.25) is 12.1 Å². The number of rotatable bonds is 6. The number of benzene rings is 1. The molecule has 3 atom stereocenters. The Morgan fingerprint density at radius 2 is 1.96 bits per heavy atom. The minimum absolute atomic E-state index is 0.0357. The Morgan fingerprint density at radius 1 is 1.26 bits per heavy atom. The maximum absolute atomic E-state index is 12.3. The van der Waals surface area contributed by atoms with Crippen molar-refractivity contribution >= 4 is 23.9 Å². The Kier molecular flexibility index (Phi) is 5.15. The number of hydrogen-bond acceptors (Lipinski definition) is 6. The molecule has 2 unspecified atom stereocenters. The average molecular weight is 377 g/mol. The van der Waals surface area contributed by atoms with Gasteiger partial charge in [-0.1, -0.05) is 18.2 Å². The van der Waals surface area contributed by atoms with E-state index in [9.17, 15) is 24.3 Å². The number of carbonyl (C=O) groups excluding carboxylic acids is 3. The largest absolute Gasteiger partial charge is 0.484 e. The molecule has 10 heteroatoms. The van der Waals surface area contributed by atoms with E-state index >= 15 is 0 Å². The Labute approximate surface area is 154 Å². The third-order valence-electron chi connectivity index (χ3n) is 4.36. The van der Waals surface area contributed by atoms with Crippen molar-refractivity contribution in [1.82, 2.24) is 15.1 Å². The third kappa shape index (κ3) is 3.50. The zero-order valence-electron chi connectivity index (χ0n) is 14.5. The van der Waals surface area contributed by atoms with Gasteiger partial charge >= 0.3 is 12.1 Å². The fraction of sp³-hybridized carbons (Fsp3) is 0.412. The second-order valence-corrected chi connectivity index (χ2v) is 6.02. The molecule has 0 saturated carbocycles. The summed E-state index contributed by atoms with van der Waals surface area (Å²) in [6.07, 6.45) is -2.25. The zero-order chi connectivity index (χ0) is 19.6. The van der Waals surface area contributed by atoms with Crippen molar-refractivity contribution in [2.45, 2.75) is 25.2 Å². The number of β-lactam (4-membered cyclic amide) rings is 1. The van der Waals surface area contributed by atoms with Gasteiger partial charge in [-0.25, -0.2) is 9.59 Å². The van der Waals surface area contributed by atoms with Crippen LogP contribution in [-0.2, 0) is 19.1 Å². The summed E-state index contributed by atoms with van der Waals surface area (Å²) in [5.41, 5.74) is 0. The number of para-hydroxylation sites is 1. The molecule has 1 aromatic carbocycles. The first kappa shape index (κ1) is 18.5. The Hall–Kier alpha value is -3.30. The Balaban J connectivity index is 1.61. The normalized spacial score (nSPS) is 23.3. The number of ether oxygens (including phenoxy) is 2. The van der Waals surface area contributed by atoms with Crippen LogP contribution < -0.4 is 10.1 Å². The number of hydrogen-bond donors (Lipinski definition) is 2. The SMILES string of the molecule is CCOC(=O)N1CC2[C@@H](NC(=O)COc3ccccc3)C(=O)N2C1C(=O)O. The van der Waals surface area contributed by atoms with E-state index in [0.717, 1.165) is 9.80 Å². The predicted octanol–water partition coefficient (Wildman–Crippen LogP) is -0.356. The van der Waals surface area contributed by atoms with E-state index in [1.165, 1.54) is 0 Å². The van der Waals surface area contributed by atoms with Crippen LogP contribution in [0.4, 0.5) is 4.79 Å². The molecule has 1 aromatic rings. The highest BCUT2D eigenvalue weighted by Crippen LogP contribution is 2.33. The second kappa shape index (κ2) is 7.52. The van der Waals surface area contributed by atoms with Crippen molar-refractivity contribution in [1.29, 1.82) is 0 Å². The molecule has 2 saturated heterocycles. The summed E-state index contributed by atoms with van der Waals surface area (Å²) < 4.78 is 10.2. The predicted molar refractivity (Wildman–Crippen MR) is 89.7 cm³/mol. The molecule has 2 heterocycles. The first-order valence-corrected chi connectivity index (χ1v) is 8.39. The van der Waals surface area contributed by atoms with E-state index in [-0.39, 0.29) is 19.8 Å². The summed E-state index contributed by atoms with van der Waals surface area (Å²) in [6, 6.07) is 7.18. The summed E-state index contributed by atoms with van der Waals surface area (Å²) in [5.74, 6) is -1.91. The lowest BCUT2D eigenvalue weighted by atomic mass is 9.96. The molecule has 27 heavy (non-hydrogen) atoms. The van der Waals surface area contributed by atoms with Crippen molar-refractivity contribution in [3.05, 3.63) is 30.3 Å². The molecule has 3 amide bonds. The third-order valence-corrected chi connectivity index (χ3v) is 4.36. The lowest BCUT2D eigenvalue weighted by Gasteiger charge is -2.43. The number of nitrogens with one attached hydrogen (secondary N) is 1. The van der Waals surface area contributed by atoms with Gasteiger partial charge in [0, 0.05) is 6.54 Å². The van der Waals surface area contributed by atoms with E-state index < -0.39 is 42.1 Å². The van der Waals surface area contributed by atoms with Gasteiger partial charge in [-0.3, -0.25) is 14.5 Å². The van der Waals surface area contributed by atoms with Crippen LogP contribution in [0.1, 0.15) is 6.92 Å². The molecule has 0 spiro atoms. The van der Waals surface area contributed by atoms with Crippen molar-refractivity contribution in [3.63, 3.8) is 0 Å². The minimum atomic E-state index is -1.43. The number of nitrogens with zero attached hydrogens (tertiary/aromatic N) is 2. The Bertz CT molecular complexity index is 754. The smallest absolute Gasteiger partial charge is 0.411 e. The molecule has 2 fully saturated rings. The van der Waals surface area contributed by atoms with E-state index in [1.54, 1.807) is 31.2 Å². The number of carboxylic acid groups (broad SMARTS) is 1. The summed E-state index contributed by atoms with van der Waals surface area (Å²) in [7, 11) is 0. The van der Waals surface area contributed by atoms with E-state index in [2.05, 4.69) is 5.32 Å². The molecule has 0 radical (unpaired) electrons. The van der Waals surface area contributed by atoms with Gasteiger partial charge in [0.05, 0.1) is 12.6 Å². The highest BCUT2D eigenvalue weighted by atomic mass is 16.6. The highest BCUT2D eigenvalue weighted by Gasteiger charge is 2.61. The number of amides is 3. The van der Waals surface area contributed by atoms with Crippen LogP contribution in [0.15, 0.2) is 30.3 Å². The number of fused-ring (bicyclic) bond motifs is 1. The maximum Gasteiger partial charge on any atom is 0.411 e. The number of aliphatic carboxylic acids is 1. The fourth-order valence-electron chi connectivity index (χ4n) is 3.19. The van der Waals surface area contributed by atoms with Crippen LogP contribution in [0.2, 0.25) is 0 Å². The van der Waals surface area contributed by atoms with Crippen LogP contribution in [-0.4, -0.2) is 76.8 Å². The molecule has 0 bridgehead atoms. The standard InChI is InChI=1S/C17H19N3O7/c1-2-26-17(25)19-8-11-13(15(22)20(11)14(19)16(23)24)18-12(21)9-27-10-6-4-3-5-7-10/h3-7,11,13-14H,2,8-9H2,1H3,(H,18,21)(H,23,24)/t11?,13-,14?/m1/s1. The van der Waals surface area contributed by atoms with Crippen molar-refractivity contribution in [2.75, 3.05) is 19.8 Å². The molecular formula is C17H19N3O7. The first-order valence-electron chi connectivity index (χ1n) is 8.39. The van der Waals surface area contributed by atoms with Gasteiger partial charge < -0.3 is 24.8 Å². The molecule has 0 aromatic heterocycles. The van der Waals surface area contributed by atoms with Crippen molar-refractivity contribution in [3.8, 4) is 5.75 Å². The van der Waals surface area contributed by atoms with Crippen molar-refractivity contribution in [2.24, 2.45) is 0 Å². The minimum Gasteiger partial charge on any atom is -0.484 e. The topological polar surface area (TPSA) is 125 Å². The van der Waals surface area contributed by atoms with E-state index in [1.807, 2.05) is 6.07 Å². The van der Waals surface area contributed by atoms with Gasteiger partial charge in [-0.2, -0.15) is 0 Å². The summed E-state index contributed by atoms with van der Waals surface area (Å²) in [6.45, 7) is 1.35. The quantitative estimate of drug-likeness (QED) is 0.649. The zero-order valence-corrected chi connectivity index (χ0v) is 14.5. The van der Waals surface area contributed by atoms with Crippen molar-refractivity contribution < 1.29 is 33.8 Å². The summed E-state index contributed by atoms with van der Waals surface area (Å²) in [5, 5.41) is 11.9. The lowest BCUT2D eigenvalue weighted by Crippen LogP contribution is -2.71. The maximum atomic E-state index is 12.3. The van der Waals surface area contributed by atoms with Crippen LogP contribution in [0, 0.1) is 0 Å². The molecule has 144 valence electrons. The second-order valence-electron chi connectivity index (χ2n) is 6.02.